The Kier molecular flexibility index (Phi) is 20.8. The van der Waals surface area contributed by atoms with Gasteiger partial charge in [-0.15, -0.1) is 0 Å². The molecule has 5 atom stereocenters. The Balaban J connectivity index is 1.44. The normalized spacial score (nSPS) is 15.2. The van der Waals surface area contributed by atoms with E-state index in [0.717, 1.165) is 16.8 Å². The van der Waals surface area contributed by atoms with Crippen molar-refractivity contribution in [2.45, 2.75) is 134 Å². The largest absolute Gasteiger partial charge is 0.497 e. The highest BCUT2D eigenvalue weighted by atomic mass is 32.2. The van der Waals surface area contributed by atoms with Gasteiger partial charge in [-0.2, -0.15) is 8.42 Å². The van der Waals surface area contributed by atoms with Crippen molar-refractivity contribution in [3.05, 3.63) is 118 Å². The molecule has 0 saturated carbocycles. The summed E-state index contributed by atoms with van der Waals surface area (Å²) in [5.41, 5.74) is 1.49. The van der Waals surface area contributed by atoms with Crippen molar-refractivity contribution in [2.24, 2.45) is 0 Å². The molecule has 20 nitrogen and oxygen atoms in total. The first-order chi connectivity index (χ1) is 35.9. The number of nitrogens with zero attached hydrogens (tertiary/aromatic N) is 1. The van der Waals surface area contributed by atoms with E-state index in [0.29, 0.717) is 35.1 Å². The van der Waals surface area contributed by atoms with Gasteiger partial charge >= 0.3 is 11.9 Å². The number of ether oxygens (including phenoxy) is 1. The van der Waals surface area contributed by atoms with E-state index in [1.807, 2.05) is 42.5 Å². The number of aliphatic carboxylic acids is 2. The number of hydrogen-bond donors (Lipinski definition) is 8. The molecule has 4 aromatic carbocycles. The third-order valence-electron chi connectivity index (χ3n) is 12.7. The van der Waals surface area contributed by atoms with Crippen LogP contribution in [0, 0.1) is 6.92 Å². The van der Waals surface area contributed by atoms with Crippen LogP contribution in [0.2, 0.25) is 0 Å². The number of likely N-dealkylation sites (tertiary alicyclic amines) is 1. The van der Waals surface area contributed by atoms with Crippen molar-refractivity contribution in [2.75, 3.05) is 13.7 Å². The van der Waals surface area contributed by atoms with Gasteiger partial charge in [0, 0.05) is 43.0 Å². The lowest BCUT2D eigenvalue weighted by Crippen LogP contribution is -2.59. The molecule has 0 bridgehead atoms. The predicted molar refractivity (Wildman–Crippen MR) is 284 cm³/mol. The van der Waals surface area contributed by atoms with Gasteiger partial charge in [0.15, 0.2) is 0 Å². The van der Waals surface area contributed by atoms with Gasteiger partial charge in [-0.25, -0.2) is 4.79 Å². The molecule has 0 radical (unpaired) electrons. The third kappa shape index (κ3) is 17.5. The van der Waals surface area contributed by atoms with Crippen LogP contribution in [-0.2, 0) is 62.3 Å². The van der Waals surface area contributed by atoms with Crippen molar-refractivity contribution < 1.29 is 66.3 Å². The first-order valence-corrected chi connectivity index (χ1v) is 26.6. The molecule has 6 amide bonds. The molecule has 0 spiro atoms. The van der Waals surface area contributed by atoms with Gasteiger partial charge in [0.25, 0.3) is 16.0 Å². The molecule has 8 N–H and O–H groups in total. The molecular weight excluding hydrogens is 1000 g/mol. The topological polar surface area (TPSA) is 304 Å². The van der Waals surface area contributed by atoms with Crippen molar-refractivity contribution in [1.82, 2.24) is 31.5 Å². The molecule has 0 aromatic heterocycles. The maximum absolute atomic E-state index is 14.7. The second-order valence-electron chi connectivity index (χ2n) is 19.9. The number of carboxylic acid groups (broad SMARTS) is 2. The van der Waals surface area contributed by atoms with Gasteiger partial charge < -0.3 is 46.4 Å². The number of amides is 6. The standard InChI is InChI=1S/C55H68N6O14S/c1-7-13-43(57-50(67)44(28-34-21-23-35(24-22-34)32-76(72,73)74)58-49(66)41-31-39(75-6)29-37(33(41)2)25-26-48(64)65)54(71)61-27-12-19-46(61)53(70)59-45(30-38-16-10-15-36-14-8-9-17-40(36)38)51(68)56-42(18-11-20-47(62)63)52(69)60-55(3,4)5/h8-10,14-17,21-26,29,31,42-46H,7,11-13,18-20,27-28,30,32H2,1-6H3,(H,56,68)(H,57,67)(H,58,66)(H,59,70)(H,60,69)(H,62,63)(H,64,65)(H,72,73,74)/b26-25+/t42-,43-,44-,45-,46-/m0/s1. The summed E-state index contributed by atoms with van der Waals surface area (Å²) in [7, 11) is -3.00. The van der Waals surface area contributed by atoms with Gasteiger partial charge in [0.2, 0.25) is 29.5 Å². The number of nitrogens with one attached hydrogen (secondary N) is 5. The molecule has 408 valence electrons. The fraction of sp³-hybridized carbons (Fsp3) is 0.418. The summed E-state index contributed by atoms with van der Waals surface area (Å²) in [5.74, 6) is -6.79. The predicted octanol–water partition coefficient (Wildman–Crippen LogP) is 4.64. The lowest BCUT2D eigenvalue weighted by Gasteiger charge is -2.31. The minimum Gasteiger partial charge on any atom is -0.497 e. The number of hydrogen-bond acceptors (Lipinski definition) is 11. The minimum atomic E-state index is -4.36. The van der Waals surface area contributed by atoms with Crippen LogP contribution in [0.3, 0.4) is 0 Å². The summed E-state index contributed by atoms with van der Waals surface area (Å²) >= 11 is 0. The van der Waals surface area contributed by atoms with E-state index in [1.54, 1.807) is 34.6 Å². The van der Waals surface area contributed by atoms with Crippen LogP contribution in [0.4, 0.5) is 0 Å². The molecule has 4 aromatic rings. The lowest BCUT2D eigenvalue weighted by atomic mass is 9.97. The zero-order valence-electron chi connectivity index (χ0n) is 43.5. The average Bonchev–Trinajstić information content (AvgIpc) is 3.85. The summed E-state index contributed by atoms with van der Waals surface area (Å²) in [6.07, 6.45) is 2.91. The van der Waals surface area contributed by atoms with Gasteiger partial charge in [-0.1, -0.05) is 80.1 Å². The number of carbonyl (C=O) groups is 8. The van der Waals surface area contributed by atoms with Crippen LogP contribution < -0.4 is 31.3 Å². The minimum absolute atomic E-state index is 0.00797. The van der Waals surface area contributed by atoms with Crippen LogP contribution in [0.15, 0.2) is 84.9 Å². The summed E-state index contributed by atoms with van der Waals surface area (Å²) < 4.78 is 37.9. The van der Waals surface area contributed by atoms with Gasteiger partial charge in [0.05, 0.1) is 7.11 Å². The SMILES string of the molecule is CCC[C@H](NC(=O)[C@H](Cc1ccc(CS(=O)(=O)O)cc1)NC(=O)c1cc(OC)cc(/C=C/C(=O)O)c1C)C(=O)N1CCC[C@H]1C(=O)N[C@@H](Cc1cccc2ccccc12)C(=O)N[C@@H](CCCC(=O)O)C(=O)NC(C)(C)C. The van der Waals surface area contributed by atoms with Crippen molar-refractivity contribution >= 4 is 74.3 Å². The van der Waals surface area contributed by atoms with Crippen molar-refractivity contribution in [3.8, 4) is 5.75 Å². The number of benzene rings is 4. The summed E-state index contributed by atoms with van der Waals surface area (Å²) in [6.45, 7) is 8.79. The van der Waals surface area contributed by atoms with E-state index in [9.17, 15) is 61.5 Å². The molecule has 21 heteroatoms. The Labute approximate surface area is 442 Å². The lowest BCUT2D eigenvalue weighted by molar-refractivity contribution is -0.142. The first-order valence-electron chi connectivity index (χ1n) is 25.0. The van der Waals surface area contributed by atoms with E-state index >= 15 is 0 Å². The number of fused-ring (bicyclic) bond motifs is 1. The molecule has 0 aliphatic carbocycles. The second kappa shape index (κ2) is 26.7. The molecule has 5 rings (SSSR count). The Morgan fingerprint density at radius 2 is 1.43 bits per heavy atom. The maximum Gasteiger partial charge on any atom is 0.328 e. The van der Waals surface area contributed by atoms with E-state index in [-0.39, 0.29) is 68.4 Å². The van der Waals surface area contributed by atoms with Crippen LogP contribution in [0.5, 0.6) is 5.75 Å². The van der Waals surface area contributed by atoms with Gasteiger partial charge in [-0.3, -0.25) is 38.1 Å². The first kappa shape index (κ1) is 59.2. The molecule has 1 aliphatic heterocycles. The monoisotopic (exact) mass is 1070 g/mol. The van der Waals surface area contributed by atoms with Crippen LogP contribution in [-0.4, -0.2) is 125 Å². The molecule has 76 heavy (non-hydrogen) atoms. The summed E-state index contributed by atoms with van der Waals surface area (Å²) in [5, 5.41) is 34.4. The maximum atomic E-state index is 14.7. The Morgan fingerprint density at radius 3 is 2.07 bits per heavy atom. The molecule has 1 heterocycles. The number of rotatable bonds is 25. The zero-order valence-corrected chi connectivity index (χ0v) is 44.3. The summed E-state index contributed by atoms with van der Waals surface area (Å²) in [4.78, 5) is 110. The quantitative estimate of drug-likeness (QED) is 0.0331. The van der Waals surface area contributed by atoms with Crippen LogP contribution >= 0.6 is 0 Å². The fourth-order valence-electron chi connectivity index (χ4n) is 9.00. The van der Waals surface area contributed by atoms with E-state index in [1.165, 1.54) is 54.5 Å². The highest BCUT2D eigenvalue weighted by Gasteiger charge is 2.40. The summed E-state index contributed by atoms with van der Waals surface area (Å²) in [6, 6.07) is 15.8. The zero-order chi connectivity index (χ0) is 55.9. The van der Waals surface area contributed by atoms with Crippen molar-refractivity contribution in [3.63, 3.8) is 0 Å². The second-order valence-corrected chi connectivity index (χ2v) is 21.3. The number of carboxylic acids is 2. The van der Waals surface area contributed by atoms with Gasteiger partial charge in [0.1, 0.15) is 41.7 Å². The smallest absolute Gasteiger partial charge is 0.328 e. The van der Waals surface area contributed by atoms with Crippen molar-refractivity contribution in [1.29, 1.82) is 0 Å². The average molecular weight is 1070 g/mol. The Hall–Kier alpha value is -7.65. The van der Waals surface area contributed by atoms with Gasteiger partial charge in [-0.05, 0) is 117 Å². The fourth-order valence-corrected chi connectivity index (χ4v) is 9.62. The third-order valence-corrected chi connectivity index (χ3v) is 13.4. The molecule has 1 fully saturated rings. The highest BCUT2D eigenvalue weighted by molar-refractivity contribution is 7.85. The number of methoxy groups -OCH3 is 1. The molecule has 1 saturated heterocycles. The Morgan fingerprint density at radius 1 is 0.789 bits per heavy atom. The molecule has 0 unspecified atom stereocenters. The highest BCUT2D eigenvalue weighted by Crippen LogP contribution is 2.26. The van der Waals surface area contributed by atoms with E-state index in [2.05, 4.69) is 26.6 Å². The van der Waals surface area contributed by atoms with Crippen LogP contribution in [0.1, 0.15) is 111 Å². The number of carbonyl (C=O) groups excluding carboxylic acids is 6. The Bertz CT molecular complexity index is 2930. The van der Waals surface area contributed by atoms with E-state index in [4.69, 9.17) is 4.74 Å². The molecule has 1 aliphatic rings. The van der Waals surface area contributed by atoms with E-state index < -0.39 is 99.0 Å². The van der Waals surface area contributed by atoms with Crippen LogP contribution in [0.25, 0.3) is 16.8 Å². The molecular formula is C55H68N6O14S.